The van der Waals surface area contributed by atoms with Gasteiger partial charge < -0.3 is 9.80 Å². The summed E-state index contributed by atoms with van der Waals surface area (Å²) in [5, 5.41) is 3.93. The number of hydrogen-bond acceptors (Lipinski definition) is 3. The van der Waals surface area contributed by atoms with Gasteiger partial charge in [-0.05, 0) is 158 Å². The van der Waals surface area contributed by atoms with Crippen molar-refractivity contribution in [2.24, 2.45) is 0 Å². The SMILES string of the molecule is Cc1cc2c3c(c1)N(c1ccc(-c4ccccc4)c4ccccc14)c1c(sc4cc5c(cc14)C(C)(C)CCC5(C)C)B3c1cc3c(cc1N2c1ccccc1)C(C)(C)CCC3(C)C. The van der Waals surface area contributed by atoms with Crippen LogP contribution < -0.4 is 25.5 Å². The Morgan fingerprint density at radius 3 is 1.67 bits per heavy atom. The minimum absolute atomic E-state index is 0.0766. The topological polar surface area (TPSA) is 6.48 Å². The molecular formula is C59H57BN2S. The molecule has 0 atom stereocenters. The van der Waals surface area contributed by atoms with Gasteiger partial charge in [0.2, 0.25) is 0 Å². The van der Waals surface area contributed by atoms with E-state index in [0.29, 0.717) is 0 Å². The van der Waals surface area contributed by atoms with Gasteiger partial charge in [0.25, 0.3) is 6.71 Å². The van der Waals surface area contributed by atoms with Gasteiger partial charge in [-0.1, -0.05) is 140 Å². The molecule has 3 heterocycles. The molecule has 0 bridgehead atoms. The molecule has 312 valence electrons. The van der Waals surface area contributed by atoms with E-state index in [-0.39, 0.29) is 28.4 Å². The van der Waals surface area contributed by atoms with Crippen molar-refractivity contribution in [2.45, 2.75) is 110 Å². The number of anilines is 6. The lowest BCUT2D eigenvalue weighted by Gasteiger charge is -2.47. The van der Waals surface area contributed by atoms with E-state index in [4.69, 9.17) is 0 Å². The Morgan fingerprint density at radius 1 is 0.476 bits per heavy atom. The van der Waals surface area contributed by atoms with Crippen LogP contribution in [0.5, 0.6) is 0 Å². The van der Waals surface area contributed by atoms with Gasteiger partial charge in [-0.2, -0.15) is 0 Å². The van der Waals surface area contributed by atoms with Crippen molar-refractivity contribution in [3.63, 3.8) is 0 Å². The zero-order chi connectivity index (χ0) is 43.4. The summed E-state index contributed by atoms with van der Waals surface area (Å²) in [5.41, 5.74) is 20.8. The Hall–Kier alpha value is -5.58. The highest BCUT2D eigenvalue weighted by Gasteiger charge is 2.48. The van der Waals surface area contributed by atoms with Gasteiger partial charge in [-0.15, -0.1) is 11.3 Å². The van der Waals surface area contributed by atoms with Crippen molar-refractivity contribution in [1.29, 1.82) is 0 Å². The Bertz CT molecular complexity index is 3210. The number of thiophene rings is 1. The van der Waals surface area contributed by atoms with Gasteiger partial charge in [-0.25, -0.2) is 0 Å². The molecular weight excluding hydrogens is 780 g/mol. The molecule has 0 saturated carbocycles. The second-order valence-electron chi connectivity index (χ2n) is 21.9. The third kappa shape index (κ3) is 5.62. The molecule has 12 rings (SSSR count). The van der Waals surface area contributed by atoms with E-state index in [2.05, 4.69) is 217 Å². The molecule has 1 aromatic heterocycles. The first-order chi connectivity index (χ1) is 30.1. The van der Waals surface area contributed by atoms with E-state index in [1.54, 1.807) is 0 Å². The summed E-state index contributed by atoms with van der Waals surface area (Å²) in [6.45, 7) is 22.2. The largest absolute Gasteiger partial charge is 0.311 e. The number of fused-ring (bicyclic) bond motifs is 9. The maximum Gasteiger partial charge on any atom is 0.264 e. The first-order valence-corrected chi connectivity index (χ1v) is 24.1. The van der Waals surface area contributed by atoms with Crippen molar-refractivity contribution in [3.05, 3.63) is 161 Å². The predicted molar refractivity (Wildman–Crippen MR) is 274 cm³/mol. The van der Waals surface area contributed by atoms with E-state index < -0.39 is 0 Å². The van der Waals surface area contributed by atoms with Crippen molar-refractivity contribution in [2.75, 3.05) is 9.80 Å². The summed E-state index contributed by atoms with van der Waals surface area (Å²) in [6, 6.07) is 51.6. The summed E-state index contributed by atoms with van der Waals surface area (Å²) in [5.74, 6) is 0. The number of hydrogen-bond donors (Lipinski definition) is 0. The molecule has 2 aliphatic heterocycles. The maximum atomic E-state index is 2.71. The number of rotatable bonds is 3. The fourth-order valence-electron chi connectivity index (χ4n) is 12.2. The Kier molecular flexibility index (Phi) is 8.21. The van der Waals surface area contributed by atoms with Crippen LogP contribution in [0.2, 0.25) is 0 Å². The molecule has 4 heteroatoms. The lowest BCUT2D eigenvalue weighted by atomic mass is 9.35. The Morgan fingerprint density at radius 2 is 1.02 bits per heavy atom. The number of nitrogens with zero attached hydrogens (tertiary/aromatic N) is 2. The molecule has 7 aromatic carbocycles. The van der Waals surface area contributed by atoms with Gasteiger partial charge in [0.1, 0.15) is 0 Å². The standard InChI is InChI=1S/C59H57BN2S/c1-36-30-50-53-51(31-36)62(48-25-24-39(37-18-12-10-13-19-37)40-22-16-17-23-41(40)48)54-42-32-43-46(59(8,9)29-26-56(43,2)3)35-52(42)63-55(54)60(53)47-33-44-45(58(6,7)28-27-57(44,4)5)34-49(47)61(50)38-20-14-11-15-21-38/h10-25,30-35H,26-29H2,1-9H3. The quantitative estimate of drug-likeness (QED) is 0.164. The van der Waals surface area contributed by atoms with Gasteiger partial charge >= 0.3 is 0 Å². The van der Waals surface area contributed by atoms with Crippen LogP contribution in [0, 0.1) is 6.92 Å². The average molecular weight is 837 g/mol. The van der Waals surface area contributed by atoms with Gasteiger partial charge in [0.05, 0.1) is 11.4 Å². The highest BCUT2D eigenvalue weighted by molar-refractivity contribution is 7.33. The summed E-state index contributed by atoms with van der Waals surface area (Å²) in [7, 11) is 0. The second-order valence-corrected chi connectivity index (χ2v) is 23.0. The molecule has 0 spiro atoms. The third-order valence-corrected chi connectivity index (χ3v) is 17.2. The second kappa shape index (κ2) is 13.2. The first-order valence-electron chi connectivity index (χ1n) is 23.3. The Balaban J connectivity index is 1.23. The molecule has 63 heavy (non-hydrogen) atoms. The number of aryl methyl sites for hydroxylation is 1. The van der Waals surface area contributed by atoms with Gasteiger partial charge in [-0.3, -0.25) is 0 Å². The number of benzene rings is 7. The molecule has 0 N–H and O–H groups in total. The van der Waals surface area contributed by atoms with Crippen LogP contribution in [0.3, 0.4) is 0 Å². The van der Waals surface area contributed by atoms with E-state index >= 15 is 0 Å². The lowest BCUT2D eigenvalue weighted by Crippen LogP contribution is -2.61. The van der Waals surface area contributed by atoms with Crippen LogP contribution in [-0.4, -0.2) is 6.71 Å². The molecule has 0 fully saturated rings. The monoisotopic (exact) mass is 836 g/mol. The molecule has 0 radical (unpaired) electrons. The minimum atomic E-state index is 0.0766. The van der Waals surface area contributed by atoms with Crippen LogP contribution >= 0.6 is 11.3 Å². The van der Waals surface area contributed by atoms with Gasteiger partial charge in [0.15, 0.2) is 0 Å². The smallest absolute Gasteiger partial charge is 0.264 e. The van der Waals surface area contributed by atoms with Crippen LogP contribution in [0.4, 0.5) is 34.1 Å². The lowest BCUT2D eigenvalue weighted by molar-refractivity contribution is 0.332. The maximum absolute atomic E-state index is 2.71. The summed E-state index contributed by atoms with van der Waals surface area (Å²) in [4.78, 5) is 5.33. The normalized spacial score (nSPS) is 18.4. The zero-order valence-electron chi connectivity index (χ0n) is 38.4. The third-order valence-electron chi connectivity index (χ3n) is 16.0. The molecule has 0 saturated heterocycles. The first kappa shape index (κ1) is 39.0. The fourth-order valence-corrected chi connectivity index (χ4v) is 13.5. The van der Waals surface area contributed by atoms with Crippen molar-refractivity contribution >= 4 is 88.7 Å². The van der Waals surface area contributed by atoms with Crippen LogP contribution in [0.25, 0.3) is 32.0 Å². The molecule has 2 aliphatic carbocycles. The van der Waals surface area contributed by atoms with Crippen molar-refractivity contribution in [3.8, 4) is 11.1 Å². The van der Waals surface area contributed by atoms with Crippen molar-refractivity contribution < 1.29 is 0 Å². The summed E-state index contributed by atoms with van der Waals surface area (Å²) < 4.78 is 2.86. The highest BCUT2D eigenvalue weighted by Crippen LogP contribution is 2.55. The van der Waals surface area contributed by atoms with Gasteiger partial charge in [0, 0.05) is 43.0 Å². The van der Waals surface area contributed by atoms with E-state index in [1.807, 2.05) is 0 Å². The van der Waals surface area contributed by atoms with E-state index in [9.17, 15) is 0 Å². The van der Waals surface area contributed by atoms with Crippen LogP contribution in [-0.2, 0) is 21.7 Å². The molecule has 0 unspecified atom stereocenters. The summed E-state index contributed by atoms with van der Waals surface area (Å²) in [6.07, 6.45) is 4.76. The van der Waals surface area contributed by atoms with Crippen LogP contribution in [0.1, 0.15) is 109 Å². The molecule has 0 amide bonds. The summed E-state index contributed by atoms with van der Waals surface area (Å²) >= 11 is 2.06. The number of para-hydroxylation sites is 1. The van der Waals surface area contributed by atoms with Crippen LogP contribution in [0.15, 0.2) is 133 Å². The van der Waals surface area contributed by atoms with E-state index in [0.717, 1.165) is 0 Å². The zero-order valence-corrected chi connectivity index (χ0v) is 39.2. The Labute approximate surface area is 378 Å². The fraction of sp³-hybridized carbons (Fsp3) is 0.288. The van der Waals surface area contributed by atoms with Crippen molar-refractivity contribution in [1.82, 2.24) is 0 Å². The average Bonchev–Trinajstić information content (AvgIpc) is 3.64. The molecule has 2 nitrogen and oxygen atoms in total. The highest BCUT2D eigenvalue weighted by atomic mass is 32.1. The molecule has 4 aliphatic rings. The van der Waals surface area contributed by atoms with E-state index in [1.165, 1.54) is 135 Å². The predicted octanol–water partition coefficient (Wildman–Crippen LogP) is 14.8. The molecule has 8 aromatic rings. The minimum Gasteiger partial charge on any atom is -0.311 e.